The zero-order chi connectivity index (χ0) is 47.8. The predicted octanol–water partition coefficient (Wildman–Crippen LogP) is -3.95. The van der Waals surface area contributed by atoms with E-state index in [0.29, 0.717) is 24.9 Å². The van der Waals surface area contributed by atoms with Crippen LogP contribution in [0, 0.1) is 5.92 Å². The minimum Gasteiger partial charge on any atom is -0.480 e. The number of carbonyl (C=O) groups is 8. The number of benzene rings is 1. The molecule has 7 amide bonds. The number of aliphatic hydroxyl groups is 2. The molecule has 2 aromatic rings. The number of guanidine groups is 1. The highest BCUT2D eigenvalue weighted by molar-refractivity contribution is 7.80. The molecule has 9 atom stereocenters. The number of likely N-dealkylation sites (tertiary alicyclic amines) is 1. The number of aromatic amines is 1. The fourth-order valence-electron chi connectivity index (χ4n) is 6.96. The van der Waals surface area contributed by atoms with Crippen LogP contribution >= 0.6 is 12.6 Å². The molecule has 3 rings (SSSR count). The lowest BCUT2D eigenvalue weighted by atomic mass is 10.0. The first kappa shape index (κ1) is 52.4. The second kappa shape index (κ2) is 24.8. The van der Waals surface area contributed by atoms with Crippen molar-refractivity contribution in [2.75, 3.05) is 25.4 Å². The summed E-state index contributed by atoms with van der Waals surface area (Å²) >= 11 is 4.22. The molecule has 24 heteroatoms. The lowest BCUT2D eigenvalue weighted by molar-refractivity contribution is -0.143. The van der Waals surface area contributed by atoms with Gasteiger partial charge < -0.3 is 74.3 Å². The number of hydrogen-bond donors (Lipinski definition) is 14. The van der Waals surface area contributed by atoms with E-state index in [2.05, 4.69) is 54.5 Å². The van der Waals surface area contributed by atoms with Gasteiger partial charge in [-0.3, -0.25) is 38.6 Å². The van der Waals surface area contributed by atoms with Crippen molar-refractivity contribution in [3.05, 3.63) is 36.0 Å². The van der Waals surface area contributed by atoms with Gasteiger partial charge in [0.2, 0.25) is 41.4 Å². The molecule has 0 bridgehead atoms. The zero-order valence-corrected chi connectivity index (χ0v) is 37.1. The van der Waals surface area contributed by atoms with E-state index in [0.717, 1.165) is 17.8 Å². The number of aromatic nitrogens is 1. The van der Waals surface area contributed by atoms with Crippen molar-refractivity contribution in [3.8, 4) is 0 Å². The fourth-order valence-corrected chi connectivity index (χ4v) is 7.21. The maximum absolute atomic E-state index is 14.0. The van der Waals surface area contributed by atoms with E-state index in [-0.39, 0.29) is 37.5 Å². The molecule has 0 saturated carbocycles. The van der Waals surface area contributed by atoms with Gasteiger partial charge in [0, 0.05) is 42.4 Å². The second-order valence-electron chi connectivity index (χ2n) is 15.9. The van der Waals surface area contributed by atoms with E-state index in [1.807, 2.05) is 18.2 Å². The van der Waals surface area contributed by atoms with Gasteiger partial charge in [0.05, 0.1) is 18.8 Å². The predicted molar refractivity (Wildman–Crippen MR) is 237 cm³/mol. The Morgan fingerprint density at radius 1 is 0.844 bits per heavy atom. The molecular weight excluding hydrogens is 857 g/mol. The van der Waals surface area contributed by atoms with E-state index in [1.165, 1.54) is 11.8 Å². The number of aliphatic imine (C=N–C) groups is 1. The number of nitrogens with zero attached hydrogens (tertiary/aromatic N) is 2. The first-order chi connectivity index (χ1) is 30.2. The lowest BCUT2D eigenvalue weighted by Gasteiger charge is -2.29. The van der Waals surface area contributed by atoms with Crippen molar-refractivity contribution in [1.29, 1.82) is 0 Å². The highest BCUT2D eigenvalue weighted by Gasteiger charge is 2.38. The molecular formula is C40H62N12O11S. The van der Waals surface area contributed by atoms with Crippen LogP contribution in [-0.4, -0.2) is 158 Å². The maximum Gasteiger partial charge on any atom is 0.326 e. The van der Waals surface area contributed by atoms with Crippen molar-refractivity contribution in [1.82, 2.24) is 41.8 Å². The summed E-state index contributed by atoms with van der Waals surface area (Å²) in [5, 5.41) is 45.7. The Morgan fingerprint density at radius 2 is 1.44 bits per heavy atom. The minimum absolute atomic E-state index is 0.0441. The lowest BCUT2D eigenvalue weighted by Crippen LogP contribution is -2.62. The van der Waals surface area contributed by atoms with Crippen LogP contribution < -0.4 is 49.1 Å². The SMILES string of the molecule is CC(C)[C@H](NC(=O)[C@H](CCCN=C(N)N)NC(=O)[C@@H](NC(=O)[C@H](CO)NC(=O)[C@H](CS)NC(=O)[C@H](Cc1c[nH]c2ccccc12)NC(=O)[C@@H]1CCCN1C(=O)[C@H](C)N)[C@@H](C)O)C(=O)O. The number of amides is 7. The van der Waals surface area contributed by atoms with Gasteiger partial charge in [0.25, 0.3) is 0 Å². The molecule has 354 valence electrons. The summed E-state index contributed by atoms with van der Waals surface area (Å²) in [5.74, 6) is -8.34. The van der Waals surface area contributed by atoms with Crippen LogP contribution in [0.4, 0.5) is 0 Å². The van der Waals surface area contributed by atoms with Gasteiger partial charge in [-0.25, -0.2) is 4.79 Å². The molecule has 2 heterocycles. The van der Waals surface area contributed by atoms with E-state index < -0.39 is 114 Å². The number of nitrogens with two attached hydrogens (primary N) is 3. The molecule has 0 unspecified atom stereocenters. The number of hydrogen-bond acceptors (Lipinski definition) is 13. The van der Waals surface area contributed by atoms with Crippen LogP contribution in [0.1, 0.15) is 58.9 Å². The molecule has 0 aliphatic carbocycles. The topological polar surface area (TPSA) is 379 Å². The number of carboxylic acid groups (broad SMARTS) is 1. The molecule has 16 N–H and O–H groups in total. The zero-order valence-electron chi connectivity index (χ0n) is 36.2. The average Bonchev–Trinajstić information content (AvgIpc) is 3.90. The van der Waals surface area contributed by atoms with Crippen molar-refractivity contribution in [2.45, 2.75) is 114 Å². The molecule has 64 heavy (non-hydrogen) atoms. The molecule has 1 aromatic carbocycles. The smallest absolute Gasteiger partial charge is 0.326 e. The summed E-state index contributed by atoms with van der Waals surface area (Å²) in [4.78, 5) is 114. The van der Waals surface area contributed by atoms with Crippen LogP contribution in [0.5, 0.6) is 0 Å². The summed E-state index contributed by atoms with van der Waals surface area (Å²) in [5.41, 5.74) is 18.0. The number of H-pyrrole nitrogens is 1. The van der Waals surface area contributed by atoms with Crippen LogP contribution in [-0.2, 0) is 44.8 Å². The van der Waals surface area contributed by atoms with E-state index in [4.69, 9.17) is 17.2 Å². The van der Waals surface area contributed by atoms with Crippen LogP contribution in [0.3, 0.4) is 0 Å². The number of nitrogens with one attached hydrogen (secondary N) is 7. The van der Waals surface area contributed by atoms with Gasteiger partial charge in [-0.1, -0.05) is 32.0 Å². The summed E-state index contributed by atoms with van der Waals surface area (Å²) in [6.07, 6.45) is 0.950. The Balaban J connectivity index is 1.77. The Labute approximate surface area is 375 Å². The molecule has 1 aliphatic heterocycles. The highest BCUT2D eigenvalue weighted by atomic mass is 32.1. The summed E-state index contributed by atoms with van der Waals surface area (Å²) < 4.78 is 0. The molecule has 0 spiro atoms. The number of fused-ring (bicyclic) bond motifs is 1. The third kappa shape index (κ3) is 14.8. The number of carbonyl (C=O) groups excluding carboxylic acids is 7. The van der Waals surface area contributed by atoms with Gasteiger partial charge >= 0.3 is 5.97 Å². The number of aliphatic hydroxyl groups excluding tert-OH is 2. The largest absolute Gasteiger partial charge is 0.480 e. The van der Waals surface area contributed by atoms with Crippen molar-refractivity contribution in [3.63, 3.8) is 0 Å². The van der Waals surface area contributed by atoms with Crippen molar-refractivity contribution in [2.24, 2.45) is 28.1 Å². The van der Waals surface area contributed by atoms with E-state index >= 15 is 0 Å². The number of carboxylic acids is 1. The first-order valence-electron chi connectivity index (χ1n) is 20.8. The monoisotopic (exact) mass is 918 g/mol. The Hall–Kier alpha value is -5.98. The van der Waals surface area contributed by atoms with Gasteiger partial charge in [0.1, 0.15) is 42.3 Å². The first-order valence-corrected chi connectivity index (χ1v) is 21.4. The molecule has 1 saturated heterocycles. The third-order valence-corrected chi connectivity index (χ3v) is 10.8. The highest BCUT2D eigenvalue weighted by Crippen LogP contribution is 2.21. The summed E-state index contributed by atoms with van der Waals surface area (Å²) in [6, 6.07) is -3.43. The third-order valence-electron chi connectivity index (χ3n) is 10.5. The summed E-state index contributed by atoms with van der Waals surface area (Å²) in [6.45, 7) is 5.13. The van der Waals surface area contributed by atoms with Gasteiger partial charge in [-0.05, 0) is 57.1 Å². The van der Waals surface area contributed by atoms with Gasteiger partial charge in [0.15, 0.2) is 5.96 Å². The van der Waals surface area contributed by atoms with Crippen LogP contribution in [0.2, 0.25) is 0 Å². The Bertz CT molecular complexity index is 2010. The van der Waals surface area contributed by atoms with Gasteiger partial charge in [-0.15, -0.1) is 0 Å². The molecule has 0 radical (unpaired) electrons. The van der Waals surface area contributed by atoms with Crippen molar-refractivity contribution >= 4 is 76.8 Å². The molecule has 1 aromatic heterocycles. The van der Waals surface area contributed by atoms with Gasteiger partial charge in [-0.2, -0.15) is 12.6 Å². The normalized spacial score (nSPS) is 17.4. The minimum atomic E-state index is -1.76. The fraction of sp³-hybridized carbons (Fsp3) is 0.575. The maximum atomic E-state index is 14.0. The van der Waals surface area contributed by atoms with Crippen LogP contribution in [0.15, 0.2) is 35.5 Å². The molecule has 1 fully saturated rings. The number of thiol groups is 1. The molecule has 23 nitrogen and oxygen atoms in total. The quantitative estimate of drug-likeness (QED) is 0.0207. The Kier molecular flexibility index (Phi) is 20.3. The second-order valence-corrected chi connectivity index (χ2v) is 16.3. The van der Waals surface area contributed by atoms with Crippen LogP contribution in [0.25, 0.3) is 10.9 Å². The summed E-state index contributed by atoms with van der Waals surface area (Å²) in [7, 11) is 0. The van der Waals surface area contributed by atoms with Crippen molar-refractivity contribution < 1.29 is 53.7 Å². The van der Waals surface area contributed by atoms with E-state index in [1.54, 1.807) is 26.1 Å². The Morgan fingerprint density at radius 3 is 2.03 bits per heavy atom. The average molecular weight is 919 g/mol. The van der Waals surface area contributed by atoms with E-state index in [9.17, 15) is 53.7 Å². The number of rotatable bonds is 24. The standard InChI is InChI=1S/C40H62N12O11S/c1-19(2)30(39(62)63)50-32(55)25(11-7-13-44-40(42)43)46-37(60)31(21(4)54)51-34(57)27(17-53)48-35(58)28(18-64)49-33(56)26(15-22-16-45-24-10-6-5-9-23(22)24)47-36(59)29-12-8-14-52(29)38(61)20(3)41/h5-6,9-10,16,19-21,25-31,45,53-54,64H,7-8,11-15,17-18,41H2,1-4H3,(H,46,60)(H,47,59)(H,48,58)(H,49,56)(H,50,55)(H,51,57)(H,62,63)(H4,42,43,44)/t20-,21+,25-,26-,27-,28-,29-,30-,31-/m0/s1. The molecule has 1 aliphatic rings. The number of aliphatic carboxylic acids is 1. The number of para-hydroxylation sites is 1.